The number of amides is 1. The molecule has 3 rings (SSSR count). The Hall–Kier alpha value is -2.01. The van der Waals surface area contributed by atoms with E-state index in [0.717, 1.165) is 17.6 Å². The van der Waals surface area contributed by atoms with Crippen molar-refractivity contribution in [2.75, 3.05) is 5.32 Å². The number of carbonyl (C=O) groups is 1. The number of rotatable bonds is 4. The molecule has 0 atom stereocenters. The third kappa shape index (κ3) is 3.09. The van der Waals surface area contributed by atoms with Crippen LogP contribution in [-0.2, 0) is 6.54 Å². The monoisotopic (exact) mass is 360 g/mol. The van der Waals surface area contributed by atoms with Gasteiger partial charge in [-0.25, -0.2) is 0 Å². The Morgan fingerprint density at radius 1 is 1.27 bits per heavy atom. The van der Waals surface area contributed by atoms with Crippen molar-refractivity contribution in [2.24, 2.45) is 5.92 Å². The van der Waals surface area contributed by atoms with Gasteiger partial charge < -0.3 is 14.3 Å². The zero-order chi connectivity index (χ0) is 15.7. The van der Waals surface area contributed by atoms with Crippen molar-refractivity contribution >= 4 is 38.4 Å². The van der Waals surface area contributed by atoms with E-state index in [-0.39, 0.29) is 11.7 Å². The average molecular weight is 361 g/mol. The summed E-state index contributed by atoms with van der Waals surface area (Å²) in [5.74, 6) is 0.614. The Morgan fingerprint density at radius 2 is 2.09 bits per heavy atom. The van der Waals surface area contributed by atoms with Crippen molar-refractivity contribution < 1.29 is 9.21 Å². The van der Waals surface area contributed by atoms with E-state index in [1.807, 2.05) is 18.2 Å². The smallest absolute Gasteiger partial charge is 0.291 e. The maximum atomic E-state index is 12.1. The Morgan fingerprint density at radius 3 is 2.77 bits per heavy atom. The molecular formula is C17H17BrN2O2. The van der Waals surface area contributed by atoms with Crippen LogP contribution in [0.3, 0.4) is 0 Å². The molecule has 0 aliphatic heterocycles. The van der Waals surface area contributed by atoms with Gasteiger partial charge in [0, 0.05) is 29.3 Å². The second-order valence-corrected chi connectivity index (χ2v) is 6.48. The molecule has 3 aromatic rings. The number of aromatic nitrogens is 1. The molecular weight excluding hydrogens is 344 g/mol. The highest BCUT2D eigenvalue weighted by Gasteiger charge is 2.11. The summed E-state index contributed by atoms with van der Waals surface area (Å²) < 4.78 is 8.03. The normalized spacial score (nSPS) is 11.3. The van der Waals surface area contributed by atoms with Crippen molar-refractivity contribution in [2.45, 2.75) is 20.4 Å². The average Bonchev–Trinajstić information content (AvgIpc) is 3.05. The number of hydrogen-bond acceptors (Lipinski definition) is 2. The van der Waals surface area contributed by atoms with Crippen LogP contribution in [0.25, 0.3) is 10.9 Å². The summed E-state index contributed by atoms with van der Waals surface area (Å²) in [5, 5.41) is 3.96. The summed E-state index contributed by atoms with van der Waals surface area (Å²) >= 11 is 3.19. The van der Waals surface area contributed by atoms with Crippen molar-refractivity contribution in [3.05, 3.63) is 53.0 Å². The molecule has 0 bridgehead atoms. The summed E-state index contributed by atoms with van der Waals surface area (Å²) in [7, 11) is 0. The first-order chi connectivity index (χ1) is 10.5. The van der Waals surface area contributed by atoms with Crippen molar-refractivity contribution in [3.63, 3.8) is 0 Å². The van der Waals surface area contributed by atoms with Crippen molar-refractivity contribution in [1.29, 1.82) is 0 Å². The van der Waals surface area contributed by atoms with E-state index in [1.54, 1.807) is 12.1 Å². The van der Waals surface area contributed by atoms with E-state index in [2.05, 4.69) is 51.9 Å². The van der Waals surface area contributed by atoms with Gasteiger partial charge in [0.05, 0.1) is 0 Å². The molecule has 0 radical (unpaired) electrons. The Balaban J connectivity index is 1.82. The Kier molecular flexibility index (Phi) is 4.07. The van der Waals surface area contributed by atoms with Crippen LogP contribution in [0.15, 0.2) is 51.7 Å². The number of hydrogen-bond donors (Lipinski definition) is 1. The van der Waals surface area contributed by atoms with Crippen LogP contribution in [0.4, 0.5) is 5.69 Å². The number of nitrogens with zero attached hydrogens (tertiary/aromatic N) is 1. The topological polar surface area (TPSA) is 47.2 Å². The largest absolute Gasteiger partial charge is 0.444 e. The minimum Gasteiger partial charge on any atom is -0.444 e. The van der Waals surface area contributed by atoms with Gasteiger partial charge in [-0.15, -0.1) is 0 Å². The molecule has 1 N–H and O–H groups in total. The number of nitrogens with one attached hydrogen (secondary N) is 1. The molecule has 0 saturated carbocycles. The van der Waals surface area contributed by atoms with Crippen LogP contribution in [0, 0.1) is 5.92 Å². The third-order valence-electron chi connectivity index (χ3n) is 3.39. The van der Waals surface area contributed by atoms with E-state index in [0.29, 0.717) is 10.6 Å². The molecule has 2 heterocycles. The first-order valence-electron chi connectivity index (χ1n) is 7.18. The van der Waals surface area contributed by atoms with E-state index in [4.69, 9.17) is 4.42 Å². The lowest BCUT2D eigenvalue weighted by Crippen LogP contribution is -2.10. The Labute approximate surface area is 137 Å². The highest BCUT2D eigenvalue weighted by molar-refractivity contribution is 9.10. The molecule has 0 saturated heterocycles. The molecule has 0 unspecified atom stereocenters. The maximum absolute atomic E-state index is 12.1. The number of furan rings is 1. The van der Waals surface area contributed by atoms with Crippen molar-refractivity contribution in [1.82, 2.24) is 4.57 Å². The molecule has 2 aromatic heterocycles. The molecule has 0 aliphatic rings. The predicted molar refractivity (Wildman–Crippen MR) is 91.1 cm³/mol. The highest BCUT2D eigenvalue weighted by atomic mass is 79.9. The highest BCUT2D eigenvalue weighted by Crippen LogP contribution is 2.22. The number of halogens is 1. The zero-order valence-corrected chi connectivity index (χ0v) is 14.1. The molecule has 4 nitrogen and oxygen atoms in total. The fourth-order valence-electron chi connectivity index (χ4n) is 2.46. The van der Waals surface area contributed by atoms with Gasteiger partial charge in [0.25, 0.3) is 5.91 Å². The second-order valence-electron chi connectivity index (χ2n) is 5.69. The SMILES string of the molecule is CC(C)Cn1ccc2cc(NC(=O)c3ccc(Br)o3)ccc21. The van der Waals surface area contributed by atoms with Crippen LogP contribution in [-0.4, -0.2) is 10.5 Å². The molecule has 1 aromatic carbocycles. The molecule has 5 heteroatoms. The number of anilines is 1. The van der Waals surface area contributed by atoms with Crippen LogP contribution >= 0.6 is 15.9 Å². The standard InChI is InChI=1S/C17H17BrN2O2/c1-11(2)10-20-8-7-12-9-13(3-4-14(12)20)19-17(21)15-5-6-16(18)22-15/h3-9,11H,10H2,1-2H3,(H,19,21). The molecule has 0 aliphatic carbocycles. The fourth-order valence-corrected chi connectivity index (χ4v) is 2.77. The summed E-state index contributed by atoms with van der Waals surface area (Å²) in [6, 6.07) is 11.3. The summed E-state index contributed by atoms with van der Waals surface area (Å²) in [4.78, 5) is 12.1. The lowest BCUT2D eigenvalue weighted by atomic mass is 10.2. The number of carbonyl (C=O) groups excluding carboxylic acids is 1. The van der Waals surface area contributed by atoms with Gasteiger partial charge in [-0.1, -0.05) is 13.8 Å². The fraction of sp³-hybridized carbons (Fsp3) is 0.235. The van der Waals surface area contributed by atoms with Crippen LogP contribution in [0.1, 0.15) is 24.4 Å². The molecule has 114 valence electrons. The first kappa shape index (κ1) is 14.9. The van der Waals surface area contributed by atoms with Gasteiger partial charge in [0.1, 0.15) is 0 Å². The quantitative estimate of drug-likeness (QED) is 0.718. The lowest BCUT2D eigenvalue weighted by Gasteiger charge is -2.09. The summed E-state index contributed by atoms with van der Waals surface area (Å²) in [5.41, 5.74) is 1.93. The minimum absolute atomic E-state index is 0.258. The predicted octanol–water partition coefficient (Wildman–Crippen LogP) is 4.91. The first-order valence-corrected chi connectivity index (χ1v) is 7.98. The zero-order valence-electron chi connectivity index (χ0n) is 12.5. The summed E-state index contributed by atoms with van der Waals surface area (Å²) in [6.07, 6.45) is 2.08. The van der Waals surface area contributed by atoms with Gasteiger partial charge in [0.2, 0.25) is 0 Å². The van der Waals surface area contributed by atoms with E-state index < -0.39 is 0 Å². The minimum atomic E-state index is -0.258. The molecule has 22 heavy (non-hydrogen) atoms. The van der Waals surface area contributed by atoms with Gasteiger partial charge in [0.15, 0.2) is 10.4 Å². The second kappa shape index (κ2) is 6.01. The van der Waals surface area contributed by atoms with Gasteiger partial charge in [-0.05, 0) is 58.2 Å². The molecule has 0 fully saturated rings. The summed E-state index contributed by atoms with van der Waals surface area (Å²) in [6.45, 7) is 5.37. The third-order valence-corrected chi connectivity index (χ3v) is 3.81. The van der Waals surface area contributed by atoms with Gasteiger partial charge in [-0.3, -0.25) is 4.79 Å². The van der Waals surface area contributed by atoms with Crippen LogP contribution in [0.5, 0.6) is 0 Å². The van der Waals surface area contributed by atoms with Crippen LogP contribution < -0.4 is 5.32 Å². The molecule has 0 spiro atoms. The van der Waals surface area contributed by atoms with Crippen LogP contribution in [0.2, 0.25) is 0 Å². The maximum Gasteiger partial charge on any atom is 0.291 e. The number of fused-ring (bicyclic) bond motifs is 1. The van der Waals surface area contributed by atoms with Gasteiger partial charge in [-0.2, -0.15) is 0 Å². The van der Waals surface area contributed by atoms with E-state index in [1.165, 1.54) is 5.52 Å². The lowest BCUT2D eigenvalue weighted by molar-refractivity contribution is 0.0995. The van der Waals surface area contributed by atoms with Gasteiger partial charge >= 0.3 is 0 Å². The number of benzene rings is 1. The van der Waals surface area contributed by atoms with E-state index in [9.17, 15) is 4.79 Å². The Bertz CT molecular complexity index is 817. The van der Waals surface area contributed by atoms with E-state index >= 15 is 0 Å². The molecule has 1 amide bonds. The van der Waals surface area contributed by atoms with Crippen molar-refractivity contribution in [3.8, 4) is 0 Å².